The van der Waals surface area contributed by atoms with E-state index in [1.807, 2.05) is 6.07 Å². The molecule has 182 valence electrons. The molecule has 34 heavy (non-hydrogen) atoms. The number of hydrogen-bond acceptors (Lipinski definition) is 3. The van der Waals surface area contributed by atoms with Crippen LogP contribution in [0.25, 0.3) is 0 Å². The van der Waals surface area contributed by atoms with Crippen LogP contribution >= 0.6 is 0 Å². The van der Waals surface area contributed by atoms with Crippen molar-refractivity contribution >= 4 is 11.6 Å². The van der Waals surface area contributed by atoms with Crippen LogP contribution in [-0.4, -0.2) is 37.6 Å². The molecule has 0 atom stereocenters. The molecule has 1 aliphatic carbocycles. The van der Waals surface area contributed by atoms with E-state index in [4.69, 9.17) is 4.74 Å². The lowest BCUT2D eigenvalue weighted by Crippen LogP contribution is -2.46. The minimum Gasteiger partial charge on any atom is -0.497 e. The Morgan fingerprint density at radius 2 is 1.71 bits per heavy atom. The van der Waals surface area contributed by atoms with Crippen molar-refractivity contribution in [1.29, 1.82) is 0 Å². The van der Waals surface area contributed by atoms with E-state index in [1.54, 1.807) is 7.11 Å². The number of fused-ring (bicyclic) bond motifs is 2. The molecule has 2 fully saturated rings. The first-order valence-corrected chi connectivity index (χ1v) is 13.1. The molecule has 4 nitrogen and oxygen atoms in total. The Morgan fingerprint density at radius 3 is 2.32 bits per heavy atom. The van der Waals surface area contributed by atoms with E-state index < -0.39 is 0 Å². The lowest BCUT2D eigenvalue weighted by Gasteiger charge is -2.40. The molecule has 5 rings (SSSR count). The van der Waals surface area contributed by atoms with Crippen LogP contribution in [0.5, 0.6) is 5.75 Å². The minimum absolute atomic E-state index is 0.0464. The molecule has 0 radical (unpaired) electrons. The van der Waals surface area contributed by atoms with E-state index in [2.05, 4.69) is 67.0 Å². The van der Waals surface area contributed by atoms with Gasteiger partial charge in [-0.15, -0.1) is 0 Å². The molecule has 4 heteroatoms. The number of nitrogens with zero attached hydrogens (tertiary/aromatic N) is 2. The zero-order chi connectivity index (χ0) is 23.9. The molecule has 2 aromatic carbocycles. The second-order valence-electron chi connectivity index (χ2n) is 11.8. The van der Waals surface area contributed by atoms with E-state index in [-0.39, 0.29) is 16.7 Å². The predicted molar refractivity (Wildman–Crippen MR) is 139 cm³/mol. The van der Waals surface area contributed by atoms with E-state index in [9.17, 15) is 4.79 Å². The summed E-state index contributed by atoms with van der Waals surface area (Å²) in [6, 6.07) is 15.5. The predicted octanol–water partition coefficient (Wildman–Crippen LogP) is 6.06. The molecule has 3 aliphatic rings. The maximum absolute atomic E-state index is 13.5. The Hall–Kier alpha value is -2.33. The zero-order valence-electron chi connectivity index (χ0n) is 21.4. The van der Waals surface area contributed by atoms with Gasteiger partial charge in [0.15, 0.2) is 0 Å². The highest BCUT2D eigenvalue weighted by Crippen LogP contribution is 2.49. The Morgan fingerprint density at radius 1 is 1.03 bits per heavy atom. The van der Waals surface area contributed by atoms with E-state index in [0.717, 1.165) is 63.3 Å². The van der Waals surface area contributed by atoms with Gasteiger partial charge in [-0.3, -0.25) is 9.69 Å². The summed E-state index contributed by atoms with van der Waals surface area (Å²) >= 11 is 0. The number of benzene rings is 2. The van der Waals surface area contributed by atoms with Gasteiger partial charge in [0.1, 0.15) is 5.75 Å². The fourth-order valence-electron chi connectivity index (χ4n) is 6.30. The summed E-state index contributed by atoms with van der Waals surface area (Å²) in [6.07, 6.45) is 6.65. The average Bonchev–Trinajstić information content (AvgIpc) is 3.47. The van der Waals surface area contributed by atoms with Crippen molar-refractivity contribution in [2.24, 2.45) is 5.92 Å². The summed E-state index contributed by atoms with van der Waals surface area (Å²) in [5.74, 6) is 1.46. The van der Waals surface area contributed by atoms with Crippen molar-refractivity contribution in [3.8, 4) is 5.75 Å². The van der Waals surface area contributed by atoms with Gasteiger partial charge in [-0.25, -0.2) is 0 Å². The zero-order valence-corrected chi connectivity index (χ0v) is 21.4. The molecule has 0 N–H and O–H groups in total. The molecular weight excluding hydrogens is 420 g/mol. The lowest BCUT2D eigenvalue weighted by atomic mass is 9.74. The van der Waals surface area contributed by atoms with E-state index in [1.165, 1.54) is 29.5 Å². The SMILES string of the molecule is COc1ccc2c(c1)C1(CCN(Cc3ccc(C(C)(C)C)cc3)CC1)CN2C(=O)C1CCCC1. The highest BCUT2D eigenvalue weighted by Gasteiger charge is 2.47. The Labute approximate surface area is 205 Å². The third kappa shape index (κ3) is 4.37. The maximum atomic E-state index is 13.5. The highest BCUT2D eigenvalue weighted by atomic mass is 16.5. The van der Waals surface area contributed by atoms with Crippen molar-refractivity contribution in [3.05, 3.63) is 59.2 Å². The number of hydrogen-bond donors (Lipinski definition) is 0. The van der Waals surface area contributed by atoms with Crippen molar-refractivity contribution in [3.63, 3.8) is 0 Å². The van der Waals surface area contributed by atoms with Gasteiger partial charge < -0.3 is 9.64 Å². The van der Waals surface area contributed by atoms with Crippen molar-refractivity contribution in [2.45, 2.75) is 76.7 Å². The number of ether oxygens (including phenoxy) is 1. The minimum atomic E-state index is 0.0464. The lowest BCUT2D eigenvalue weighted by molar-refractivity contribution is -0.122. The van der Waals surface area contributed by atoms with Gasteiger partial charge in [-0.2, -0.15) is 0 Å². The number of rotatable bonds is 4. The second-order valence-corrected chi connectivity index (χ2v) is 11.8. The van der Waals surface area contributed by atoms with Gasteiger partial charge in [-0.1, -0.05) is 57.9 Å². The van der Waals surface area contributed by atoms with Crippen molar-refractivity contribution in [1.82, 2.24) is 4.90 Å². The first-order valence-electron chi connectivity index (χ1n) is 13.1. The second kappa shape index (κ2) is 9.03. The Kier molecular flexibility index (Phi) is 6.22. The molecule has 1 amide bonds. The van der Waals surface area contributed by atoms with Crippen LogP contribution in [0.2, 0.25) is 0 Å². The van der Waals surface area contributed by atoms with Gasteiger partial charge >= 0.3 is 0 Å². The number of likely N-dealkylation sites (tertiary alicyclic amines) is 1. The number of piperidine rings is 1. The van der Waals surface area contributed by atoms with Crippen LogP contribution in [0.1, 0.15) is 76.0 Å². The summed E-state index contributed by atoms with van der Waals surface area (Å²) in [5, 5.41) is 0. The normalized spacial score (nSPS) is 20.6. The number of carbonyl (C=O) groups is 1. The third-order valence-electron chi connectivity index (χ3n) is 8.54. The number of anilines is 1. The molecule has 1 saturated carbocycles. The molecule has 2 heterocycles. The third-order valence-corrected chi connectivity index (χ3v) is 8.54. The maximum Gasteiger partial charge on any atom is 0.230 e. The summed E-state index contributed by atoms with van der Waals surface area (Å²) in [5.41, 5.74) is 5.46. The Balaban J connectivity index is 1.32. The number of carbonyl (C=O) groups excluding carboxylic acids is 1. The van der Waals surface area contributed by atoms with Crippen LogP contribution in [0.3, 0.4) is 0 Å². The summed E-state index contributed by atoms with van der Waals surface area (Å²) in [6.45, 7) is 10.7. The fourth-order valence-corrected chi connectivity index (χ4v) is 6.30. The van der Waals surface area contributed by atoms with Crippen LogP contribution in [0.15, 0.2) is 42.5 Å². The molecular formula is C30H40N2O2. The van der Waals surface area contributed by atoms with Crippen molar-refractivity contribution in [2.75, 3.05) is 31.6 Å². The summed E-state index contributed by atoms with van der Waals surface area (Å²) in [4.78, 5) is 18.2. The molecule has 0 unspecified atom stereocenters. The van der Waals surface area contributed by atoms with E-state index in [0.29, 0.717) is 5.91 Å². The first-order chi connectivity index (χ1) is 16.3. The average molecular weight is 461 g/mol. The number of methoxy groups -OCH3 is 1. The van der Waals surface area contributed by atoms with Crippen molar-refractivity contribution < 1.29 is 9.53 Å². The van der Waals surface area contributed by atoms with E-state index >= 15 is 0 Å². The molecule has 2 aliphatic heterocycles. The highest BCUT2D eigenvalue weighted by molar-refractivity contribution is 5.98. The van der Waals surface area contributed by atoms with Gasteiger partial charge in [0, 0.05) is 30.1 Å². The topological polar surface area (TPSA) is 32.8 Å². The molecule has 0 bridgehead atoms. The quantitative estimate of drug-likeness (QED) is 0.556. The smallest absolute Gasteiger partial charge is 0.230 e. The number of amides is 1. The fraction of sp³-hybridized carbons (Fsp3) is 0.567. The van der Waals surface area contributed by atoms with Gasteiger partial charge in [0.25, 0.3) is 0 Å². The van der Waals surface area contributed by atoms with Gasteiger partial charge in [-0.05, 0) is 79.1 Å². The van der Waals surface area contributed by atoms with Crippen LogP contribution in [0, 0.1) is 5.92 Å². The first kappa shape index (κ1) is 23.4. The van der Waals surface area contributed by atoms with Crippen LogP contribution < -0.4 is 9.64 Å². The molecule has 1 spiro atoms. The molecule has 1 saturated heterocycles. The standard InChI is InChI=1S/C30H40N2O2/c1-29(2,3)24-11-9-22(10-12-24)20-31-17-15-30(16-18-31)21-32(28(33)23-7-5-6-8-23)27-14-13-25(34-4)19-26(27)30/h9-14,19,23H,5-8,15-18,20-21H2,1-4H3. The monoisotopic (exact) mass is 460 g/mol. The van der Waals surface area contributed by atoms with Crippen LogP contribution in [-0.2, 0) is 22.2 Å². The summed E-state index contributed by atoms with van der Waals surface area (Å²) < 4.78 is 5.59. The van der Waals surface area contributed by atoms with Crippen LogP contribution in [0.4, 0.5) is 5.69 Å². The molecule has 2 aromatic rings. The molecule has 0 aromatic heterocycles. The largest absolute Gasteiger partial charge is 0.497 e. The van der Waals surface area contributed by atoms with Gasteiger partial charge in [0.2, 0.25) is 5.91 Å². The van der Waals surface area contributed by atoms with Gasteiger partial charge in [0.05, 0.1) is 7.11 Å². The Bertz CT molecular complexity index is 1020. The summed E-state index contributed by atoms with van der Waals surface area (Å²) in [7, 11) is 1.73.